The van der Waals surface area contributed by atoms with Gasteiger partial charge in [-0.05, 0) is 42.5 Å². The fourth-order valence-corrected chi connectivity index (χ4v) is 3.67. The van der Waals surface area contributed by atoms with E-state index in [1.165, 1.54) is 18.6 Å². The highest BCUT2D eigenvalue weighted by molar-refractivity contribution is 7.89. The van der Waals surface area contributed by atoms with Crippen molar-refractivity contribution in [3.63, 3.8) is 0 Å². The summed E-state index contributed by atoms with van der Waals surface area (Å²) in [6.07, 6.45) is 5.98. The molecule has 23 heavy (non-hydrogen) atoms. The summed E-state index contributed by atoms with van der Waals surface area (Å²) in [5, 5.41) is 7.94. The van der Waals surface area contributed by atoms with Crippen LogP contribution in [0.5, 0.6) is 0 Å². The molecule has 0 spiro atoms. The quantitative estimate of drug-likeness (QED) is 0.723. The van der Waals surface area contributed by atoms with Crippen molar-refractivity contribution in [2.45, 2.75) is 50.0 Å². The molecule has 1 aromatic carbocycles. The van der Waals surface area contributed by atoms with E-state index in [4.69, 9.17) is 10.9 Å². The summed E-state index contributed by atoms with van der Waals surface area (Å²) in [5.74, 6) is -0.00660. The standard InChI is InChI=1S/C16H25N3O3S/c17-12-16(8-2-1-3-9-16)10-15(20)19-11-13-4-6-14(7-5-13)23(18,21)22/h4-7H,1-3,8-12,17H2,(H,19,20)(H2,18,21,22). The van der Waals surface area contributed by atoms with Crippen molar-refractivity contribution in [1.29, 1.82) is 0 Å². The Morgan fingerprint density at radius 3 is 2.26 bits per heavy atom. The summed E-state index contributed by atoms with van der Waals surface area (Å²) in [5.41, 5.74) is 6.68. The van der Waals surface area contributed by atoms with Gasteiger partial charge in [-0.2, -0.15) is 0 Å². The van der Waals surface area contributed by atoms with E-state index >= 15 is 0 Å². The fourth-order valence-electron chi connectivity index (χ4n) is 3.16. The normalized spacial score (nSPS) is 17.7. The minimum Gasteiger partial charge on any atom is -0.352 e. The van der Waals surface area contributed by atoms with Crippen LogP contribution in [-0.2, 0) is 21.4 Å². The number of rotatable bonds is 6. The van der Waals surface area contributed by atoms with Crippen molar-refractivity contribution in [2.24, 2.45) is 16.3 Å². The zero-order valence-electron chi connectivity index (χ0n) is 13.3. The molecule has 2 rings (SSSR count). The highest BCUT2D eigenvalue weighted by atomic mass is 32.2. The molecule has 6 nitrogen and oxygen atoms in total. The van der Waals surface area contributed by atoms with E-state index < -0.39 is 10.0 Å². The van der Waals surface area contributed by atoms with Crippen LogP contribution in [0.15, 0.2) is 29.2 Å². The van der Waals surface area contributed by atoms with Crippen LogP contribution < -0.4 is 16.2 Å². The smallest absolute Gasteiger partial charge is 0.238 e. The number of nitrogens with one attached hydrogen (secondary N) is 1. The van der Waals surface area contributed by atoms with Crippen LogP contribution >= 0.6 is 0 Å². The Morgan fingerprint density at radius 2 is 1.74 bits per heavy atom. The number of primary sulfonamides is 1. The molecule has 0 radical (unpaired) electrons. The van der Waals surface area contributed by atoms with Gasteiger partial charge in [-0.15, -0.1) is 0 Å². The maximum absolute atomic E-state index is 12.2. The molecule has 1 amide bonds. The van der Waals surface area contributed by atoms with Gasteiger partial charge in [-0.3, -0.25) is 4.79 Å². The molecule has 0 saturated heterocycles. The van der Waals surface area contributed by atoms with Crippen LogP contribution in [0.4, 0.5) is 0 Å². The molecule has 1 aliphatic rings. The monoisotopic (exact) mass is 339 g/mol. The topological polar surface area (TPSA) is 115 Å². The van der Waals surface area contributed by atoms with E-state index in [1.54, 1.807) is 12.1 Å². The number of hydrogen-bond donors (Lipinski definition) is 3. The molecule has 0 aromatic heterocycles. The first kappa shape index (κ1) is 17.9. The zero-order chi connectivity index (χ0) is 16.9. The predicted octanol–water partition coefficient (Wildman–Crippen LogP) is 1.25. The van der Waals surface area contributed by atoms with E-state index in [-0.39, 0.29) is 16.2 Å². The van der Waals surface area contributed by atoms with Crippen molar-refractivity contribution in [1.82, 2.24) is 5.32 Å². The van der Waals surface area contributed by atoms with Gasteiger partial charge in [0.2, 0.25) is 15.9 Å². The lowest BCUT2D eigenvalue weighted by atomic mass is 9.71. The van der Waals surface area contributed by atoms with E-state index in [2.05, 4.69) is 5.32 Å². The number of nitrogens with two attached hydrogens (primary N) is 2. The van der Waals surface area contributed by atoms with Crippen LogP contribution in [-0.4, -0.2) is 20.9 Å². The van der Waals surface area contributed by atoms with E-state index in [0.717, 1.165) is 31.2 Å². The molecule has 0 aliphatic heterocycles. The van der Waals surface area contributed by atoms with E-state index in [9.17, 15) is 13.2 Å². The number of sulfonamides is 1. The minimum absolute atomic E-state index is 0.00660. The molecular formula is C16H25N3O3S. The second-order valence-corrected chi connectivity index (χ2v) is 7.97. The Balaban J connectivity index is 1.89. The molecule has 0 bridgehead atoms. The Kier molecular flexibility index (Phi) is 5.78. The Morgan fingerprint density at radius 1 is 1.13 bits per heavy atom. The van der Waals surface area contributed by atoms with Gasteiger partial charge in [-0.25, -0.2) is 13.6 Å². The second-order valence-electron chi connectivity index (χ2n) is 6.41. The van der Waals surface area contributed by atoms with Gasteiger partial charge >= 0.3 is 0 Å². The maximum Gasteiger partial charge on any atom is 0.238 e. The average molecular weight is 339 g/mol. The van der Waals surface area contributed by atoms with Crippen LogP contribution in [0.3, 0.4) is 0 Å². The lowest BCUT2D eigenvalue weighted by molar-refractivity contribution is -0.124. The zero-order valence-corrected chi connectivity index (χ0v) is 14.1. The molecule has 1 aliphatic carbocycles. The first-order valence-electron chi connectivity index (χ1n) is 7.93. The van der Waals surface area contributed by atoms with Crippen molar-refractivity contribution in [3.8, 4) is 0 Å². The summed E-state index contributed by atoms with van der Waals surface area (Å²) in [4.78, 5) is 12.3. The summed E-state index contributed by atoms with van der Waals surface area (Å²) in [6, 6.07) is 6.19. The third-order valence-electron chi connectivity index (χ3n) is 4.62. The SMILES string of the molecule is NCC1(CC(=O)NCc2ccc(S(N)(=O)=O)cc2)CCCCC1. The molecule has 0 heterocycles. The van der Waals surface area contributed by atoms with Crippen LogP contribution in [0.25, 0.3) is 0 Å². The Bertz CT molecular complexity index is 635. The average Bonchev–Trinajstić information content (AvgIpc) is 2.53. The molecule has 1 fully saturated rings. The van der Waals surface area contributed by atoms with Crippen LogP contribution in [0.1, 0.15) is 44.1 Å². The molecule has 1 aromatic rings. The largest absolute Gasteiger partial charge is 0.352 e. The molecule has 7 heteroatoms. The first-order chi connectivity index (χ1) is 10.8. The fraction of sp³-hybridized carbons (Fsp3) is 0.562. The first-order valence-corrected chi connectivity index (χ1v) is 9.48. The van der Waals surface area contributed by atoms with Gasteiger partial charge in [0.1, 0.15) is 0 Å². The number of carbonyl (C=O) groups excluding carboxylic acids is 1. The van der Waals surface area contributed by atoms with Gasteiger partial charge in [0.05, 0.1) is 4.90 Å². The van der Waals surface area contributed by atoms with E-state index in [0.29, 0.717) is 19.5 Å². The third kappa shape index (κ3) is 5.02. The van der Waals surface area contributed by atoms with Crippen molar-refractivity contribution >= 4 is 15.9 Å². The number of carbonyl (C=O) groups is 1. The molecule has 128 valence electrons. The van der Waals surface area contributed by atoms with Gasteiger partial charge in [-0.1, -0.05) is 31.4 Å². The number of hydrogen-bond acceptors (Lipinski definition) is 4. The van der Waals surface area contributed by atoms with Crippen LogP contribution in [0, 0.1) is 5.41 Å². The minimum atomic E-state index is -3.68. The van der Waals surface area contributed by atoms with Crippen LogP contribution in [0.2, 0.25) is 0 Å². The molecule has 1 saturated carbocycles. The highest BCUT2D eigenvalue weighted by Gasteiger charge is 2.32. The predicted molar refractivity (Wildman–Crippen MR) is 88.9 cm³/mol. The molecule has 0 unspecified atom stereocenters. The highest BCUT2D eigenvalue weighted by Crippen LogP contribution is 2.38. The second kappa shape index (κ2) is 7.42. The maximum atomic E-state index is 12.2. The van der Waals surface area contributed by atoms with Crippen molar-refractivity contribution in [3.05, 3.63) is 29.8 Å². The Hall–Kier alpha value is -1.44. The third-order valence-corrected chi connectivity index (χ3v) is 5.55. The lowest BCUT2D eigenvalue weighted by Gasteiger charge is -2.35. The van der Waals surface area contributed by atoms with Gasteiger partial charge in [0, 0.05) is 13.0 Å². The summed E-state index contributed by atoms with van der Waals surface area (Å²) in [7, 11) is -3.68. The van der Waals surface area contributed by atoms with Crippen molar-refractivity contribution in [2.75, 3.05) is 6.54 Å². The van der Waals surface area contributed by atoms with Crippen molar-refractivity contribution < 1.29 is 13.2 Å². The molecule has 5 N–H and O–H groups in total. The van der Waals surface area contributed by atoms with Gasteiger partial charge in [0.25, 0.3) is 0 Å². The van der Waals surface area contributed by atoms with Gasteiger partial charge < -0.3 is 11.1 Å². The molecule has 0 atom stereocenters. The lowest BCUT2D eigenvalue weighted by Crippen LogP contribution is -2.38. The summed E-state index contributed by atoms with van der Waals surface area (Å²) >= 11 is 0. The van der Waals surface area contributed by atoms with E-state index in [1.807, 2.05) is 0 Å². The number of amides is 1. The summed E-state index contributed by atoms with van der Waals surface area (Å²) in [6.45, 7) is 0.911. The number of benzene rings is 1. The molecular weight excluding hydrogens is 314 g/mol. The van der Waals surface area contributed by atoms with Gasteiger partial charge in [0.15, 0.2) is 0 Å². The summed E-state index contributed by atoms with van der Waals surface area (Å²) < 4.78 is 22.4. The Labute approximate surface area is 137 Å².